The Morgan fingerprint density at radius 2 is 1.93 bits per heavy atom. The zero-order chi connectivity index (χ0) is 31.3. The van der Waals surface area contributed by atoms with E-state index in [4.69, 9.17) is 19.0 Å². The maximum atomic E-state index is 13.7. The van der Waals surface area contributed by atoms with Gasteiger partial charge in [-0.05, 0) is 56.4 Å². The summed E-state index contributed by atoms with van der Waals surface area (Å²) in [6.45, 7) is 6.97. The molecule has 2 aliphatic rings. The van der Waals surface area contributed by atoms with Crippen molar-refractivity contribution in [3.8, 4) is 11.3 Å². The highest BCUT2D eigenvalue weighted by atomic mass is 32.2. The number of nitrogens with one attached hydrogen (secondary N) is 1. The van der Waals surface area contributed by atoms with Gasteiger partial charge in [0.1, 0.15) is 16.3 Å². The first-order valence-corrected chi connectivity index (χ1v) is 16.7. The van der Waals surface area contributed by atoms with Gasteiger partial charge in [0, 0.05) is 30.9 Å². The third-order valence-corrected chi connectivity index (χ3v) is 9.74. The Morgan fingerprint density at radius 3 is 2.64 bits per heavy atom. The first-order chi connectivity index (χ1) is 21.2. The maximum Gasteiger partial charge on any atom is 0.266 e. The molecule has 1 N–H and O–H groups in total. The van der Waals surface area contributed by atoms with Gasteiger partial charge >= 0.3 is 0 Å². The number of hydrogen-bond donors (Lipinski definition) is 1. The Kier molecular flexibility index (Phi) is 9.81. The van der Waals surface area contributed by atoms with Gasteiger partial charge in [0.25, 0.3) is 15.9 Å². The van der Waals surface area contributed by atoms with Gasteiger partial charge in [-0.25, -0.2) is 13.1 Å². The number of ether oxygens (including phenoxy) is 2. The number of rotatable bonds is 14. The molecule has 1 aliphatic heterocycles. The predicted octanol–water partition coefficient (Wildman–Crippen LogP) is 5.56. The molecule has 3 aromatic rings. The van der Waals surface area contributed by atoms with Crippen LogP contribution in [0.5, 0.6) is 0 Å². The van der Waals surface area contributed by atoms with Crippen LogP contribution in [0.1, 0.15) is 74.3 Å². The summed E-state index contributed by atoms with van der Waals surface area (Å²) in [5.74, 6) is 1.01. The topological polar surface area (TPSA) is 136 Å². The van der Waals surface area contributed by atoms with Gasteiger partial charge in [0.15, 0.2) is 0 Å². The summed E-state index contributed by atoms with van der Waals surface area (Å²) in [4.78, 5) is 25.1. The standard InChI is InChI=1S/C32H41N5O6S/c1-5-6-11-28-34-32(14-7-8-15-32)31(38)37(28)20-24-12-13-26(25(19-24)21-42-18-17-41-4)29-27(10-9-16-33-29)44(39,40)36-30-22(2)23(3)35-43-30/h9-10,12-13,16,19,36H,5-8,11,14-15,17-18,20-21H2,1-4H3. The fraction of sp³-hybridized carbons (Fsp3) is 0.500. The van der Waals surface area contributed by atoms with E-state index in [1.54, 1.807) is 33.2 Å². The van der Waals surface area contributed by atoms with E-state index in [2.05, 4.69) is 21.8 Å². The molecule has 1 saturated carbocycles. The van der Waals surface area contributed by atoms with Crippen molar-refractivity contribution < 1.29 is 27.2 Å². The average molecular weight is 624 g/mol. The Morgan fingerprint density at radius 1 is 1.14 bits per heavy atom. The normalized spacial score (nSPS) is 16.2. The third-order valence-electron chi connectivity index (χ3n) is 8.38. The van der Waals surface area contributed by atoms with Gasteiger partial charge in [-0.2, -0.15) is 0 Å². The van der Waals surface area contributed by atoms with Gasteiger partial charge in [0.2, 0.25) is 5.88 Å². The molecule has 1 aromatic carbocycles. The second-order valence-electron chi connectivity index (χ2n) is 11.5. The molecule has 11 nitrogen and oxygen atoms in total. The van der Waals surface area contributed by atoms with E-state index in [-0.39, 0.29) is 29.0 Å². The maximum absolute atomic E-state index is 13.7. The molecule has 0 radical (unpaired) electrons. The summed E-state index contributed by atoms with van der Waals surface area (Å²) in [5.41, 5.74) is 3.12. The van der Waals surface area contributed by atoms with Gasteiger partial charge < -0.3 is 14.0 Å². The van der Waals surface area contributed by atoms with Crippen molar-refractivity contribution in [2.75, 3.05) is 25.0 Å². The summed E-state index contributed by atoms with van der Waals surface area (Å²) in [7, 11) is -2.48. The molecule has 2 aromatic heterocycles. The molecule has 44 heavy (non-hydrogen) atoms. The Balaban J connectivity index is 1.49. The molecule has 236 valence electrons. The molecule has 0 atom stereocenters. The van der Waals surface area contributed by atoms with Crippen LogP contribution in [-0.2, 0) is 37.4 Å². The first-order valence-electron chi connectivity index (χ1n) is 15.2. The Hall–Kier alpha value is -3.61. The summed E-state index contributed by atoms with van der Waals surface area (Å²) in [6.07, 6.45) is 7.94. The van der Waals surface area contributed by atoms with E-state index in [1.165, 1.54) is 6.07 Å². The fourth-order valence-corrected chi connectivity index (χ4v) is 7.02. The van der Waals surface area contributed by atoms with Crippen molar-refractivity contribution in [1.29, 1.82) is 0 Å². The number of methoxy groups -OCH3 is 1. The minimum atomic E-state index is -4.09. The van der Waals surface area contributed by atoms with Crippen LogP contribution in [0, 0.1) is 13.8 Å². The van der Waals surface area contributed by atoms with Crippen molar-refractivity contribution in [1.82, 2.24) is 15.0 Å². The Labute approximate surface area is 259 Å². The largest absolute Gasteiger partial charge is 0.382 e. The predicted molar refractivity (Wildman–Crippen MR) is 167 cm³/mol. The molecule has 1 fully saturated rings. The number of hydrogen-bond acceptors (Lipinski definition) is 9. The highest BCUT2D eigenvalue weighted by Gasteiger charge is 2.49. The van der Waals surface area contributed by atoms with E-state index in [0.717, 1.165) is 61.9 Å². The zero-order valence-corrected chi connectivity index (χ0v) is 26.7. The van der Waals surface area contributed by atoms with E-state index in [1.807, 2.05) is 23.1 Å². The number of carbonyl (C=O) groups excluding carboxylic acids is 1. The van der Waals surface area contributed by atoms with Crippen LogP contribution < -0.4 is 4.72 Å². The number of sulfonamides is 1. The number of nitrogens with zero attached hydrogens (tertiary/aromatic N) is 4. The molecule has 1 amide bonds. The number of aryl methyl sites for hydroxylation is 1. The van der Waals surface area contributed by atoms with Gasteiger partial charge in [0.05, 0.1) is 37.8 Å². The fourth-order valence-electron chi connectivity index (χ4n) is 5.80. The lowest BCUT2D eigenvalue weighted by Gasteiger charge is -2.23. The SMILES string of the molecule is CCCCC1=NC2(CCCC2)C(=O)N1Cc1ccc(-c2ncccc2S(=O)(=O)Nc2onc(C)c2C)c(COCCOC)c1. The molecule has 1 aliphatic carbocycles. The van der Waals surface area contributed by atoms with Crippen LogP contribution in [0.4, 0.5) is 5.88 Å². The molecular weight excluding hydrogens is 582 g/mol. The minimum absolute atomic E-state index is 0.00812. The number of pyridine rings is 1. The molecule has 1 spiro atoms. The number of benzene rings is 1. The quantitative estimate of drug-likeness (QED) is 0.231. The molecule has 0 saturated heterocycles. The summed E-state index contributed by atoms with van der Waals surface area (Å²) in [5, 5.41) is 3.86. The average Bonchev–Trinajstić information content (AvgIpc) is 3.69. The Bertz CT molecular complexity index is 1630. The highest BCUT2D eigenvalue weighted by molar-refractivity contribution is 7.92. The summed E-state index contributed by atoms with van der Waals surface area (Å²) < 4.78 is 46.0. The van der Waals surface area contributed by atoms with E-state index < -0.39 is 15.6 Å². The van der Waals surface area contributed by atoms with Crippen LogP contribution in [0.15, 0.2) is 50.9 Å². The minimum Gasteiger partial charge on any atom is -0.382 e. The van der Waals surface area contributed by atoms with E-state index >= 15 is 0 Å². The number of unbranched alkanes of at least 4 members (excludes halogenated alkanes) is 1. The molecule has 0 unspecified atom stereocenters. The van der Waals surface area contributed by atoms with Crippen molar-refractivity contribution in [3.05, 3.63) is 58.9 Å². The second-order valence-corrected chi connectivity index (χ2v) is 13.1. The van der Waals surface area contributed by atoms with E-state index in [9.17, 15) is 13.2 Å². The molecular formula is C32H41N5O6S. The van der Waals surface area contributed by atoms with Crippen LogP contribution in [0.3, 0.4) is 0 Å². The first kappa shape index (κ1) is 31.8. The zero-order valence-electron chi connectivity index (χ0n) is 25.9. The number of anilines is 1. The van der Waals surface area contributed by atoms with Crippen molar-refractivity contribution in [3.63, 3.8) is 0 Å². The molecule has 12 heteroatoms. The summed E-state index contributed by atoms with van der Waals surface area (Å²) in [6, 6.07) is 8.82. The van der Waals surface area contributed by atoms with E-state index in [0.29, 0.717) is 36.6 Å². The van der Waals surface area contributed by atoms with Crippen LogP contribution >= 0.6 is 0 Å². The third kappa shape index (κ3) is 6.57. The highest BCUT2D eigenvalue weighted by Crippen LogP contribution is 2.40. The van der Waals surface area contributed by atoms with Crippen LogP contribution in [0.2, 0.25) is 0 Å². The van der Waals surface area contributed by atoms with Crippen molar-refractivity contribution >= 4 is 27.7 Å². The van der Waals surface area contributed by atoms with Crippen molar-refractivity contribution in [2.24, 2.45) is 4.99 Å². The number of carbonyl (C=O) groups is 1. The van der Waals surface area contributed by atoms with Gasteiger partial charge in [-0.3, -0.25) is 19.7 Å². The van der Waals surface area contributed by atoms with Gasteiger partial charge in [-0.15, -0.1) is 0 Å². The lowest BCUT2D eigenvalue weighted by Crippen LogP contribution is -2.40. The lowest BCUT2D eigenvalue weighted by molar-refractivity contribution is -0.131. The lowest BCUT2D eigenvalue weighted by atomic mass is 9.97. The monoisotopic (exact) mass is 623 g/mol. The second kappa shape index (κ2) is 13.6. The number of aliphatic imine (C=N–C) groups is 1. The van der Waals surface area contributed by atoms with Crippen LogP contribution in [-0.4, -0.2) is 61.1 Å². The number of amides is 1. The smallest absolute Gasteiger partial charge is 0.266 e. The molecule has 5 rings (SSSR count). The van der Waals surface area contributed by atoms with Gasteiger partial charge in [-0.1, -0.05) is 49.5 Å². The number of aromatic nitrogens is 2. The van der Waals surface area contributed by atoms with Crippen LogP contribution in [0.25, 0.3) is 11.3 Å². The summed E-state index contributed by atoms with van der Waals surface area (Å²) >= 11 is 0. The van der Waals surface area contributed by atoms with Crippen molar-refractivity contribution in [2.45, 2.75) is 89.3 Å². The molecule has 3 heterocycles. The number of amidine groups is 1. The molecule has 0 bridgehead atoms.